The maximum absolute atomic E-state index is 12.9. The number of ether oxygens (including phenoxy) is 1. The van der Waals surface area contributed by atoms with Crippen LogP contribution in [0, 0.1) is 5.82 Å². The van der Waals surface area contributed by atoms with Crippen LogP contribution in [0.3, 0.4) is 0 Å². The van der Waals surface area contributed by atoms with Crippen molar-refractivity contribution >= 4 is 11.6 Å². The lowest BCUT2D eigenvalue weighted by Gasteiger charge is -2.10. The lowest BCUT2D eigenvalue weighted by atomic mass is 10.1. The average Bonchev–Trinajstić information content (AvgIpc) is 3.26. The van der Waals surface area contributed by atoms with Crippen molar-refractivity contribution in [2.24, 2.45) is 0 Å². The van der Waals surface area contributed by atoms with Crippen LogP contribution in [0.4, 0.5) is 10.1 Å². The predicted octanol–water partition coefficient (Wildman–Crippen LogP) is 4.45. The number of aromatic nitrogens is 3. The molecule has 1 amide bonds. The molecule has 0 fully saturated rings. The zero-order valence-electron chi connectivity index (χ0n) is 14.6. The standard InChI is InChI=1S/C21H15FN4O2/c22-15-6-9-17(10-7-15)28-20-11-8-16(14-23-20)25-21(27)18-4-1-2-5-19(18)26-13-3-12-24-26/h1-14H,(H,25,27). The number of pyridine rings is 1. The first kappa shape index (κ1) is 17.4. The molecule has 138 valence electrons. The Morgan fingerprint density at radius 1 is 1.00 bits per heavy atom. The van der Waals surface area contributed by atoms with E-state index in [2.05, 4.69) is 15.4 Å². The Morgan fingerprint density at radius 2 is 1.82 bits per heavy atom. The van der Waals surface area contributed by atoms with Gasteiger partial charge in [-0.25, -0.2) is 14.1 Å². The summed E-state index contributed by atoms with van der Waals surface area (Å²) in [6.07, 6.45) is 4.92. The van der Waals surface area contributed by atoms with Gasteiger partial charge in [0, 0.05) is 18.5 Å². The molecule has 0 atom stereocenters. The third-order valence-electron chi connectivity index (χ3n) is 3.93. The number of nitrogens with zero attached hydrogens (tertiary/aromatic N) is 3. The van der Waals surface area contributed by atoms with Crippen LogP contribution < -0.4 is 10.1 Å². The van der Waals surface area contributed by atoms with Crippen molar-refractivity contribution in [2.75, 3.05) is 5.32 Å². The molecule has 0 aliphatic carbocycles. The summed E-state index contributed by atoms with van der Waals surface area (Å²) >= 11 is 0. The van der Waals surface area contributed by atoms with E-state index >= 15 is 0 Å². The molecule has 0 bridgehead atoms. The van der Waals surface area contributed by atoms with Crippen LogP contribution in [0.15, 0.2) is 85.3 Å². The molecule has 2 aromatic heterocycles. The zero-order chi connectivity index (χ0) is 19.3. The lowest BCUT2D eigenvalue weighted by molar-refractivity contribution is 0.102. The van der Waals surface area contributed by atoms with Gasteiger partial charge in [0.25, 0.3) is 5.91 Å². The number of carbonyl (C=O) groups is 1. The van der Waals surface area contributed by atoms with Crippen molar-refractivity contribution in [1.29, 1.82) is 0 Å². The number of para-hydroxylation sites is 1. The molecule has 4 rings (SSSR count). The Bertz CT molecular complexity index is 1080. The van der Waals surface area contributed by atoms with E-state index in [-0.39, 0.29) is 11.7 Å². The SMILES string of the molecule is O=C(Nc1ccc(Oc2ccc(F)cc2)nc1)c1ccccc1-n1cccn1. The van der Waals surface area contributed by atoms with E-state index < -0.39 is 0 Å². The second-order valence-corrected chi connectivity index (χ2v) is 5.86. The minimum atomic E-state index is -0.339. The largest absolute Gasteiger partial charge is 0.439 e. The summed E-state index contributed by atoms with van der Waals surface area (Å²) in [5.41, 5.74) is 1.68. The Labute approximate surface area is 160 Å². The molecular weight excluding hydrogens is 359 g/mol. The molecule has 0 aliphatic heterocycles. The molecule has 6 nitrogen and oxygen atoms in total. The molecule has 0 unspecified atom stereocenters. The summed E-state index contributed by atoms with van der Waals surface area (Å²) in [6, 6.07) is 17.9. The molecule has 0 saturated carbocycles. The smallest absolute Gasteiger partial charge is 0.257 e. The summed E-state index contributed by atoms with van der Waals surface area (Å²) < 4.78 is 20.1. The first-order chi connectivity index (χ1) is 13.7. The van der Waals surface area contributed by atoms with E-state index in [9.17, 15) is 9.18 Å². The van der Waals surface area contributed by atoms with Crippen LogP contribution in [0.25, 0.3) is 5.69 Å². The topological polar surface area (TPSA) is 69.0 Å². The summed E-state index contributed by atoms with van der Waals surface area (Å²) in [6.45, 7) is 0. The van der Waals surface area contributed by atoms with Crippen molar-refractivity contribution in [3.8, 4) is 17.3 Å². The third-order valence-corrected chi connectivity index (χ3v) is 3.93. The van der Waals surface area contributed by atoms with Gasteiger partial charge in [0.1, 0.15) is 11.6 Å². The summed E-state index contributed by atoms with van der Waals surface area (Å²) in [7, 11) is 0. The number of nitrogens with one attached hydrogen (secondary N) is 1. The second kappa shape index (κ2) is 7.71. The van der Waals surface area contributed by atoms with Crippen LogP contribution in [-0.2, 0) is 0 Å². The Morgan fingerprint density at radius 3 is 2.54 bits per heavy atom. The van der Waals surface area contributed by atoms with Gasteiger partial charge >= 0.3 is 0 Å². The van der Waals surface area contributed by atoms with E-state index in [1.807, 2.05) is 12.1 Å². The molecule has 0 spiro atoms. The van der Waals surface area contributed by atoms with Crippen molar-refractivity contribution in [2.45, 2.75) is 0 Å². The summed E-state index contributed by atoms with van der Waals surface area (Å²) in [5, 5.41) is 6.99. The monoisotopic (exact) mass is 374 g/mol. The van der Waals surface area contributed by atoms with Gasteiger partial charge in [-0.3, -0.25) is 4.79 Å². The third kappa shape index (κ3) is 3.88. The highest BCUT2D eigenvalue weighted by Crippen LogP contribution is 2.21. The molecule has 2 aromatic carbocycles. The number of benzene rings is 2. The number of rotatable bonds is 5. The molecule has 1 N–H and O–H groups in total. The summed E-state index contributed by atoms with van der Waals surface area (Å²) in [5.74, 6) is 0.189. The molecule has 4 aromatic rings. The van der Waals surface area contributed by atoms with Gasteiger partial charge in [-0.1, -0.05) is 12.1 Å². The normalized spacial score (nSPS) is 10.5. The minimum absolute atomic E-state index is 0.278. The maximum atomic E-state index is 12.9. The highest BCUT2D eigenvalue weighted by molar-refractivity contribution is 6.06. The number of hydrogen-bond donors (Lipinski definition) is 1. The Balaban J connectivity index is 1.48. The lowest BCUT2D eigenvalue weighted by Crippen LogP contribution is -2.15. The van der Waals surface area contributed by atoms with Crippen molar-refractivity contribution in [1.82, 2.24) is 14.8 Å². The minimum Gasteiger partial charge on any atom is -0.439 e. The van der Waals surface area contributed by atoms with Gasteiger partial charge in [-0.15, -0.1) is 0 Å². The van der Waals surface area contributed by atoms with Crippen LogP contribution >= 0.6 is 0 Å². The van der Waals surface area contributed by atoms with Gasteiger partial charge in [0.2, 0.25) is 5.88 Å². The van der Waals surface area contributed by atoms with E-state index in [1.165, 1.54) is 30.5 Å². The van der Waals surface area contributed by atoms with Gasteiger partial charge in [-0.05, 0) is 48.5 Å². The molecular formula is C21H15FN4O2. The van der Waals surface area contributed by atoms with Crippen LogP contribution in [0.5, 0.6) is 11.6 Å². The number of carbonyl (C=O) groups excluding carboxylic acids is 1. The van der Waals surface area contributed by atoms with Crippen molar-refractivity contribution in [3.05, 3.63) is 96.7 Å². The predicted molar refractivity (Wildman–Crippen MR) is 102 cm³/mol. The van der Waals surface area contributed by atoms with Gasteiger partial charge < -0.3 is 10.1 Å². The van der Waals surface area contributed by atoms with Crippen LogP contribution in [0.2, 0.25) is 0 Å². The first-order valence-corrected chi connectivity index (χ1v) is 8.49. The average molecular weight is 374 g/mol. The van der Waals surface area contributed by atoms with E-state index in [1.54, 1.807) is 47.4 Å². The summed E-state index contributed by atoms with van der Waals surface area (Å²) in [4.78, 5) is 16.9. The van der Waals surface area contributed by atoms with Crippen LogP contribution in [-0.4, -0.2) is 20.7 Å². The quantitative estimate of drug-likeness (QED) is 0.560. The Hall–Kier alpha value is -4.00. The molecule has 7 heteroatoms. The van der Waals surface area contributed by atoms with E-state index in [0.717, 1.165) is 0 Å². The molecule has 0 aliphatic rings. The maximum Gasteiger partial charge on any atom is 0.257 e. The van der Waals surface area contributed by atoms with E-state index in [0.29, 0.717) is 28.6 Å². The number of hydrogen-bond acceptors (Lipinski definition) is 4. The molecule has 28 heavy (non-hydrogen) atoms. The van der Waals surface area contributed by atoms with Gasteiger partial charge in [0.05, 0.1) is 23.1 Å². The molecule has 2 heterocycles. The second-order valence-electron chi connectivity index (χ2n) is 5.86. The van der Waals surface area contributed by atoms with Gasteiger partial charge in [-0.2, -0.15) is 5.10 Å². The fraction of sp³-hybridized carbons (Fsp3) is 0. The fourth-order valence-electron chi connectivity index (χ4n) is 2.61. The number of halogens is 1. The van der Waals surface area contributed by atoms with E-state index in [4.69, 9.17) is 4.74 Å². The molecule has 0 saturated heterocycles. The number of amides is 1. The van der Waals surface area contributed by atoms with Gasteiger partial charge in [0.15, 0.2) is 0 Å². The van der Waals surface area contributed by atoms with Crippen molar-refractivity contribution < 1.29 is 13.9 Å². The number of anilines is 1. The fourth-order valence-corrected chi connectivity index (χ4v) is 2.61. The zero-order valence-corrected chi connectivity index (χ0v) is 14.6. The highest BCUT2D eigenvalue weighted by Gasteiger charge is 2.13. The highest BCUT2D eigenvalue weighted by atomic mass is 19.1. The Kier molecular flexibility index (Phi) is 4.79. The molecule has 0 radical (unpaired) electrons. The van der Waals surface area contributed by atoms with Crippen molar-refractivity contribution in [3.63, 3.8) is 0 Å². The first-order valence-electron chi connectivity index (χ1n) is 8.49. The van der Waals surface area contributed by atoms with Crippen LogP contribution in [0.1, 0.15) is 10.4 Å².